The Morgan fingerprint density at radius 2 is 1.49 bits per heavy atom. The molecular formula is C32H47N3O4. The van der Waals surface area contributed by atoms with E-state index in [1.807, 2.05) is 90.1 Å². The molecule has 0 saturated heterocycles. The molecule has 2 aromatic rings. The number of ether oxygens (including phenoxy) is 1. The van der Waals surface area contributed by atoms with E-state index >= 15 is 0 Å². The van der Waals surface area contributed by atoms with E-state index in [4.69, 9.17) is 4.74 Å². The van der Waals surface area contributed by atoms with Crippen LogP contribution in [0.1, 0.15) is 89.6 Å². The Bertz CT molecular complexity index is 1090. The summed E-state index contributed by atoms with van der Waals surface area (Å²) in [4.78, 5) is 43.0. The number of hydrogen-bond donors (Lipinski definition) is 2. The molecule has 0 aliphatic heterocycles. The monoisotopic (exact) mass is 537 g/mol. The van der Waals surface area contributed by atoms with Crippen molar-refractivity contribution in [3.8, 4) is 0 Å². The molecule has 7 heteroatoms. The zero-order valence-electron chi connectivity index (χ0n) is 25.1. The topological polar surface area (TPSA) is 87.7 Å². The van der Waals surface area contributed by atoms with Gasteiger partial charge in [0.2, 0.25) is 11.8 Å². The van der Waals surface area contributed by atoms with E-state index in [0.717, 1.165) is 22.3 Å². The number of carbonyl (C=O) groups is 3. The van der Waals surface area contributed by atoms with Crippen LogP contribution in [0.5, 0.6) is 0 Å². The van der Waals surface area contributed by atoms with Crippen LogP contribution < -0.4 is 10.6 Å². The number of hydrogen-bond acceptors (Lipinski definition) is 4. The molecule has 3 amide bonds. The zero-order chi connectivity index (χ0) is 29.3. The Hall–Kier alpha value is -3.35. The molecular weight excluding hydrogens is 490 g/mol. The highest BCUT2D eigenvalue weighted by Crippen LogP contribution is 2.32. The van der Waals surface area contributed by atoms with Crippen molar-refractivity contribution < 1.29 is 19.1 Å². The number of carbonyl (C=O) groups excluding carboxylic acids is 3. The lowest BCUT2D eigenvalue weighted by Gasteiger charge is -2.40. The summed E-state index contributed by atoms with van der Waals surface area (Å²) in [6.45, 7) is 17.5. The molecule has 2 N–H and O–H groups in total. The highest BCUT2D eigenvalue weighted by molar-refractivity contribution is 5.93. The van der Waals surface area contributed by atoms with Crippen molar-refractivity contribution in [1.29, 1.82) is 0 Å². The summed E-state index contributed by atoms with van der Waals surface area (Å²) >= 11 is 0. The highest BCUT2D eigenvalue weighted by atomic mass is 16.6. The highest BCUT2D eigenvalue weighted by Gasteiger charge is 2.41. The minimum Gasteiger partial charge on any atom is -0.444 e. The van der Waals surface area contributed by atoms with Crippen LogP contribution in [0.15, 0.2) is 48.5 Å². The van der Waals surface area contributed by atoms with Gasteiger partial charge in [0.1, 0.15) is 17.7 Å². The lowest BCUT2D eigenvalue weighted by molar-refractivity contribution is -0.146. The van der Waals surface area contributed by atoms with Gasteiger partial charge in [0.15, 0.2) is 0 Å². The van der Waals surface area contributed by atoms with Gasteiger partial charge >= 0.3 is 6.09 Å². The standard InChI is InChI=1S/C32H47N3O4/c1-10-21(3)27(34-31(38)39-32(7,8)9)30(37)35(24(6)11-2)28(26-22(4)16-15-17-23(26)5)29(36)33-20-25-18-13-12-14-19-25/h12-19,21,24,27-28H,10-11,20H2,1-9H3,(H,33,36)(H,34,38). The summed E-state index contributed by atoms with van der Waals surface area (Å²) in [5.74, 6) is -0.736. The third-order valence-electron chi connectivity index (χ3n) is 7.12. The maximum absolute atomic E-state index is 14.4. The van der Waals surface area contributed by atoms with E-state index < -0.39 is 23.8 Å². The van der Waals surface area contributed by atoms with Crippen LogP contribution >= 0.6 is 0 Å². The molecule has 0 heterocycles. The molecule has 214 valence electrons. The van der Waals surface area contributed by atoms with Crippen molar-refractivity contribution in [3.63, 3.8) is 0 Å². The molecule has 7 nitrogen and oxygen atoms in total. The van der Waals surface area contributed by atoms with Crippen molar-refractivity contribution >= 4 is 17.9 Å². The number of benzene rings is 2. The van der Waals surface area contributed by atoms with Crippen molar-refractivity contribution in [1.82, 2.24) is 15.5 Å². The molecule has 0 bridgehead atoms. The van der Waals surface area contributed by atoms with Gasteiger partial charge in [-0.3, -0.25) is 9.59 Å². The van der Waals surface area contributed by atoms with Gasteiger partial charge in [-0.1, -0.05) is 75.7 Å². The molecule has 0 spiro atoms. The summed E-state index contributed by atoms with van der Waals surface area (Å²) in [5.41, 5.74) is 2.92. The van der Waals surface area contributed by atoms with E-state index in [1.54, 1.807) is 25.7 Å². The second kappa shape index (κ2) is 14.2. The smallest absolute Gasteiger partial charge is 0.408 e. The average molecular weight is 538 g/mol. The van der Waals surface area contributed by atoms with Gasteiger partial charge in [0, 0.05) is 12.6 Å². The van der Waals surface area contributed by atoms with Crippen molar-refractivity contribution in [2.24, 2.45) is 5.92 Å². The van der Waals surface area contributed by atoms with Gasteiger partial charge in [-0.2, -0.15) is 0 Å². The molecule has 0 aromatic heterocycles. The van der Waals surface area contributed by atoms with Gasteiger partial charge in [-0.25, -0.2) is 4.79 Å². The first-order chi connectivity index (χ1) is 18.3. The van der Waals surface area contributed by atoms with E-state index in [-0.39, 0.29) is 23.8 Å². The van der Waals surface area contributed by atoms with Crippen LogP contribution in [0.3, 0.4) is 0 Å². The summed E-state index contributed by atoms with van der Waals surface area (Å²) in [6.07, 6.45) is 0.649. The molecule has 0 radical (unpaired) electrons. The Kier molecular flexibility index (Phi) is 11.6. The fourth-order valence-corrected chi connectivity index (χ4v) is 4.61. The first-order valence-electron chi connectivity index (χ1n) is 14.0. The molecule has 39 heavy (non-hydrogen) atoms. The van der Waals surface area contributed by atoms with E-state index in [9.17, 15) is 14.4 Å². The molecule has 2 aromatic carbocycles. The largest absolute Gasteiger partial charge is 0.444 e. The fourth-order valence-electron chi connectivity index (χ4n) is 4.61. The third kappa shape index (κ3) is 8.84. The van der Waals surface area contributed by atoms with Crippen LogP contribution in [0, 0.1) is 19.8 Å². The van der Waals surface area contributed by atoms with Crippen LogP contribution in [0.2, 0.25) is 0 Å². The number of alkyl carbamates (subject to hydrolysis) is 1. The summed E-state index contributed by atoms with van der Waals surface area (Å²) in [7, 11) is 0. The molecule has 0 aliphatic rings. The Morgan fingerprint density at radius 3 is 2.00 bits per heavy atom. The molecule has 2 rings (SSSR count). The number of amides is 3. The van der Waals surface area contributed by atoms with Crippen molar-refractivity contribution in [3.05, 3.63) is 70.8 Å². The SMILES string of the molecule is CCC(C)C(NC(=O)OC(C)(C)C)C(=O)N(C(C)CC)C(C(=O)NCc1ccccc1)c1c(C)cccc1C. The Balaban J connectivity index is 2.59. The summed E-state index contributed by atoms with van der Waals surface area (Å²) in [6, 6.07) is 13.6. The maximum Gasteiger partial charge on any atom is 0.408 e. The lowest BCUT2D eigenvalue weighted by Crippen LogP contribution is -2.57. The van der Waals surface area contributed by atoms with Crippen LogP contribution in [-0.2, 0) is 20.9 Å². The first kappa shape index (κ1) is 31.9. The van der Waals surface area contributed by atoms with Crippen molar-refractivity contribution in [2.45, 2.75) is 105 Å². The molecule has 0 fully saturated rings. The predicted octanol–water partition coefficient (Wildman–Crippen LogP) is 6.23. The molecule has 0 aliphatic carbocycles. The minimum atomic E-state index is -0.871. The Labute approximate surface area is 234 Å². The van der Waals surface area contributed by atoms with Gasteiger partial charge in [0.05, 0.1) is 0 Å². The quantitative estimate of drug-likeness (QED) is 0.356. The number of nitrogens with one attached hydrogen (secondary N) is 2. The van der Waals surface area contributed by atoms with Gasteiger partial charge in [-0.05, 0) is 76.1 Å². The number of aryl methyl sites for hydroxylation is 2. The fraction of sp³-hybridized carbons (Fsp3) is 0.531. The average Bonchev–Trinajstić information content (AvgIpc) is 2.88. The zero-order valence-corrected chi connectivity index (χ0v) is 25.1. The predicted molar refractivity (Wildman–Crippen MR) is 156 cm³/mol. The van der Waals surface area contributed by atoms with Gasteiger partial charge < -0.3 is 20.3 Å². The van der Waals surface area contributed by atoms with Gasteiger partial charge in [-0.15, -0.1) is 0 Å². The third-order valence-corrected chi connectivity index (χ3v) is 7.12. The Morgan fingerprint density at radius 1 is 0.897 bits per heavy atom. The molecule has 4 atom stereocenters. The van der Waals surface area contributed by atoms with Crippen LogP contribution in [0.4, 0.5) is 4.79 Å². The van der Waals surface area contributed by atoms with E-state index in [0.29, 0.717) is 19.4 Å². The van der Waals surface area contributed by atoms with Crippen molar-refractivity contribution in [2.75, 3.05) is 0 Å². The summed E-state index contributed by atoms with van der Waals surface area (Å²) < 4.78 is 5.50. The van der Waals surface area contributed by atoms with Crippen LogP contribution in [-0.4, -0.2) is 40.5 Å². The van der Waals surface area contributed by atoms with E-state index in [2.05, 4.69) is 10.6 Å². The summed E-state index contributed by atoms with van der Waals surface area (Å²) in [5, 5.41) is 5.91. The lowest BCUT2D eigenvalue weighted by atomic mass is 9.90. The maximum atomic E-state index is 14.4. The number of rotatable bonds is 11. The van der Waals surface area contributed by atoms with E-state index in [1.165, 1.54) is 0 Å². The molecule has 4 unspecified atom stereocenters. The normalized spacial score (nSPS) is 14.5. The first-order valence-corrected chi connectivity index (χ1v) is 14.0. The second-order valence-electron chi connectivity index (χ2n) is 11.4. The molecule has 0 saturated carbocycles. The van der Waals surface area contributed by atoms with Gasteiger partial charge in [0.25, 0.3) is 0 Å². The number of nitrogens with zero attached hydrogens (tertiary/aromatic N) is 1. The minimum absolute atomic E-state index is 0.178. The van der Waals surface area contributed by atoms with Crippen LogP contribution in [0.25, 0.3) is 0 Å². The second-order valence-corrected chi connectivity index (χ2v) is 11.4.